The number of likely N-dealkylation sites (tertiary alicyclic amines) is 1. The van der Waals surface area contributed by atoms with Crippen molar-refractivity contribution in [3.63, 3.8) is 0 Å². The molecule has 96 valence electrons. The third-order valence-corrected chi connectivity index (χ3v) is 3.24. The van der Waals surface area contributed by atoms with Gasteiger partial charge in [0.1, 0.15) is 23.5 Å². The molecule has 0 unspecified atom stereocenters. The van der Waals surface area contributed by atoms with Crippen molar-refractivity contribution in [1.82, 2.24) is 4.90 Å². The number of allylic oxidation sites excluding steroid dienone is 1. The molecule has 0 aliphatic carbocycles. The summed E-state index contributed by atoms with van der Waals surface area (Å²) in [5.41, 5.74) is 1.60. The Bertz CT molecular complexity index is 556. The highest BCUT2D eigenvalue weighted by molar-refractivity contribution is 5.64. The first-order chi connectivity index (χ1) is 9.22. The second-order valence-electron chi connectivity index (χ2n) is 4.61. The van der Waals surface area contributed by atoms with Crippen LogP contribution in [0, 0.1) is 28.5 Å². The lowest BCUT2D eigenvalue weighted by Crippen LogP contribution is -2.19. The van der Waals surface area contributed by atoms with Crippen molar-refractivity contribution < 1.29 is 4.39 Å². The molecule has 0 amide bonds. The molecule has 1 aliphatic heterocycles. The molecule has 1 saturated heterocycles. The van der Waals surface area contributed by atoms with Gasteiger partial charge in [0.25, 0.3) is 0 Å². The van der Waals surface area contributed by atoms with Crippen molar-refractivity contribution in [2.75, 3.05) is 13.1 Å². The van der Waals surface area contributed by atoms with E-state index < -0.39 is 0 Å². The van der Waals surface area contributed by atoms with Crippen molar-refractivity contribution in [3.05, 3.63) is 40.7 Å². The van der Waals surface area contributed by atoms with Crippen LogP contribution in [-0.2, 0) is 6.54 Å². The molecule has 0 saturated carbocycles. The monoisotopic (exact) mass is 255 g/mol. The molecule has 3 nitrogen and oxygen atoms in total. The number of hydrogen-bond donors (Lipinski definition) is 0. The Balaban J connectivity index is 2.30. The van der Waals surface area contributed by atoms with Gasteiger partial charge in [-0.15, -0.1) is 0 Å². The van der Waals surface area contributed by atoms with Crippen LogP contribution < -0.4 is 0 Å². The Morgan fingerprint density at radius 1 is 1.26 bits per heavy atom. The lowest BCUT2D eigenvalue weighted by atomic mass is 10.0. The van der Waals surface area contributed by atoms with Crippen LogP contribution in [0.2, 0.25) is 0 Å². The predicted molar refractivity (Wildman–Crippen MR) is 70.1 cm³/mol. The Labute approximate surface area is 112 Å². The molecule has 0 N–H and O–H groups in total. The molecule has 4 heteroatoms. The maximum absolute atomic E-state index is 13.4. The molecule has 1 aromatic rings. The molecule has 1 aromatic carbocycles. The van der Waals surface area contributed by atoms with Gasteiger partial charge in [-0.05, 0) is 55.3 Å². The molecule has 1 fully saturated rings. The maximum Gasteiger partial charge on any atom is 0.130 e. The number of rotatable bonds is 3. The van der Waals surface area contributed by atoms with Crippen LogP contribution in [0.3, 0.4) is 0 Å². The fourth-order valence-corrected chi connectivity index (χ4v) is 2.28. The average molecular weight is 255 g/mol. The van der Waals surface area contributed by atoms with E-state index in [0.29, 0.717) is 6.54 Å². The Kier molecular flexibility index (Phi) is 4.28. The molecule has 0 spiro atoms. The summed E-state index contributed by atoms with van der Waals surface area (Å²) in [6.45, 7) is 2.69. The maximum atomic E-state index is 13.4. The summed E-state index contributed by atoms with van der Waals surface area (Å²) >= 11 is 0. The predicted octanol–water partition coefficient (Wildman–Crippen LogP) is 2.85. The van der Waals surface area contributed by atoms with Crippen molar-refractivity contribution in [1.29, 1.82) is 10.5 Å². The summed E-state index contributed by atoms with van der Waals surface area (Å²) < 4.78 is 13.4. The Morgan fingerprint density at radius 3 is 2.58 bits per heavy atom. The van der Waals surface area contributed by atoms with Crippen molar-refractivity contribution in [3.8, 4) is 12.1 Å². The van der Waals surface area contributed by atoms with Gasteiger partial charge < -0.3 is 0 Å². The molecule has 0 radical (unpaired) electrons. The minimum absolute atomic E-state index is 0.0364. The Hall–Kier alpha value is -2.17. The summed E-state index contributed by atoms with van der Waals surface area (Å²) in [6, 6.07) is 8.11. The molecule has 0 aromatic heterocycles. The highest BCUT2D eigenvalue weighted by atomic mass is 19.1. The first-order valence-electron chi connectivity index (χ1n) is 6.25. The first-order valence-corrected chi connectivity index (χ1v) is 6.25. The van der Waals surface area contributed by atoms with Gasteiger partial charge >= 0.3 is 0 Å². The second kappa shape index (κ2) is 6.13. The molecule has 2 rings (SSSR count). The van der Waals surface area contributed by atoms with Crippen molar-refractivity contribution >= 4 is 6.08 Å². The third-order valence-electron chi connectivity index (χ3n) is 3.24. The van der Waals surface area contributed by atoms with Crippen molar-refractivity contribution in [2.45, 2.75) is 19.4 Å². The number of benzene rings is 1. The molecule has 0 bridgehead atoms. The molecule has 1 heterocycles. The van der Waals surface area contributed by atoms with Gasteiger partial charge in [0.05, 0.1) is 0 Å². The summed E-state index contributed by atoms with van der Waals surface area (Å²) in [5, 5.41) is 17.6. The van der Waals surface area contributed by atoms with E-state index in [2.05, 4.69) is 4.90 Å². The van der Waals surface area contributed by atoms with Gasteiger partial charge in [0, 0.05) is 6.54 Å². The second-order valence-corrected chi connectivity index (χ2v) is 4.61. The summed E-state index contributed by atoms with van der Waals surface area (Å²) in [5.74, 6) is -0.290. The number of nitriles is 2. The van der Waals surface area contributed by atoms with Crippen LogP contribution in [0.1, 0.15) is 24.0 Å². The summed E-state index contributed by atoms with van der Waals surface area (Å²) in [4.78, 5) is 2.25. The van der Waals surface area contributed by atoms with Gasteiger partial charge in [-0.1, -0.05) is 6.07 Å². The van der Waals surface area contributed by atoms with E-state index in [1.165, 1.54) is 31.1 Å². The van der Waals surface area contributed by atoms with Gasteiger partial charge in [-0.3, -0.25) is 4.90 Å². The van der Waals surface area contributed by atoms with E-state index in [1.54, 1.807) is 6.07 Å². The van der Waals surface area contributed by atoms with Gasteiger partial charge in [-0.2, -0.15) is 10.5 Å². The highest BCUT2D eigenvalue weighted by Crippen LogP contribution is 2.19. The van der Waals surface area contributed by atoms with Crippen LogP contribution in [0.25, 0.3) is 6.08 Å². The normalized spacial score (nSPS) is 14.7. The number of nitrogens with zero attached hydrogens (tertiary/aromatic N) is 3. The molecular formula is C15H14FN3. The van der Waals surface area contributed by atoms with E-state index in [0.717, 1.165) is 24.2 Å². The van der Waals surface area contributed by atoms with E-state index in [-0.39, 0.29) is 11.4 Å². The average Bonchev–Trinajstić information content (AvgIpc) is 2.91. The van der Waals surface area contributed by atoms with E-state index in [9.17, 15) is 4.39 Å². The van der Waals surface area contributed by atoms with Gasteiger partial charge in [0.2, 0.25) is 0 Å². The fourth-order valence-electron chi connectivity index (χ4n) is 2.28. The fraction of sp³-hybridized carbons (Fsp3) is 0.333. The molecule has 0 atom stereocenters. The zero-order valence-electron chi connectivity index (χ0n) is 10.6. The van der Waals surface area contributed by atoms with E-state index in [1.807, 2.05) is 12.1 Å². The molecular weight excluding hydrogens is 241 g/mol. The molecule has 19 heavy (non-hydrogen) atoms. The zero-order chi connectivity index (χ0) is 13.7. The third kappa shape index (κ3) is 3.40. The minimum atomic E-state index is -0.290. The lowest BCUT2D eigenvalue weighted by molar-refractivity contribution is 0.330. The largest absolute Gasteiger partial charge is 0.299 e. The molecule has 1 aliphatic rings. The van der Waals surface area contributed by atoms with Crippen LogP contribution in [0.4, 0.5) is 4.39 Å². The number of halogens is 1. The SMILES string of the molecule is N#CC(C#N)=Cc1ccc(F)cc1CN1CCCC1. The van der Waals surface area contributed by atoms with E-state index in [4.69, 9.17) is 10.5 Å². The first kappa shape index (κ1) is 13.3. The minimum Gasteiger partial charge on any atom is -0.299 e. The van der Waals surface area contributed by atoms with Crippen molar-refractivity contribution in [2.24, 2.45) is 0 Å². The summed E-state index contributed by atoms with van der Waals surface area (Å²) in [6.07, 6.45) is 3.86. The van der Waals surface area contributed by atoms with Crippen LogP contribution in [0.5, 0.6) is 0 Å². The Morgan fingerprint density at radius 2 is 1.95 bits per heavy atom. The van der Waals surface area contributed by atoms with E-state index >= 15 is 0 Å². The van der Waals surface area contributed by atoms with Gasteiger partial charge in [-0.25, -0.2) is 4.39 Å². The van der Waals surface area contributed by atoms with Crippen LogP contribution in [-0.4, -0.2) is 18.0 Å². The smallest absolute Gasteiger partial charge is 0.130 e. The van der Waals surface area contributed by atoms with Gasteiger partial charge in [0.15, 0.2) is 0 Å². The zero-order valence-corrected chi connectivity index (χ0v) is 10.6. The quantitative estimate of drug-likeness (QED) is 0.780. The summed E-state index contributed by atoms with van der Waals surface area (Å²) in [7, 11) is 0. The highest BCUT2D eigenvalue weighted by Gasteiger charge is 2.14. The number of hydrogen-bond acceptors (Lipinski definition) is 3. The topological polar surface area (TPSA) is 50.8 Å². The van der Waals surface area contributed by atoms with Crippen LogP contribution in [0.15, 0.2) is 23.8 Å². The van der Waals surface area contributed by atoms with Crippen LogP contribution >= 0.6 is 0 Å². The standard InChI is InChI=1S/C15H14FN3/c16-15-4-3-13(7-12(9-17)10-18)14(8-15)11-19-5-1-2-6-19/h3-4,7-8H,1-2,5-6,11H2. The lowest BCUT2D eigenvalue weighted by Gasteiger charge is -2.16.